The smallest absolute Gasteiger partial charge is 0.294 e. The van der Waals surface area contributed by atoms with E-state index in [0.29, 0.717) is 12.1 Å². The molecule has 0 aromatic heterocycles. The summed E-state index contributed by atoms with van der Waals surface area (Å²) in [4.78, 5) is 18.3. The van der Waals surface area contributed by atoms with Gasteiger partial charge in [0.15, 0.2) is 0 Å². The molecule has 0 radical (unpaired) electrons. The van der Waals surface area contributed by atoms with Crippen molar-refractivity contribution in [1.29, 1.82) is 0 Å². The number of amides is 1. The molecule has 3 N–H and O–H groups in total. The van der Waals surface area contributed by atoms with Gasteiger partial charge in [-0.05, 0) is 97.6 Å². The quantitative estimate of drug-likeness (QED) is 0.0878. The van der Waals surface area contributed by atoms with E-state index in [1.165, 1.54) is 39.1 Å². The maximum Gasteiger partial charge on any atom is 0.294 e. The van der Waals surface area contributed by atoms with Crippen molar-refractivity contribution in [2.45, 2.75) is 50.0 Å². The van der Waals surface area contributed by atoms with Gasteiger partial charge in [0, 0.05) is 34.3 Å². The summed E-state index contributed by atoms with van der Waals surface area (Å²) >= 11 is 0. The molecule has 0 bridgehead atoms. The summed E-state index contributed by atoms with van der Waals surface area (Å²) in [6.07, 6.45) is 9.75. The summed E-state index contributed by atoms with van der Waals surface area (Å²) in [5, 5.41) is 13.8. The predicted molar refractivity (Wildman–Crippen MR) is 207 cm³/mol. The van der Waals surface area contributed by atoms with Crippen LogP contribution in [-0.2, 0) is 27.5 Å². The lowest BCUT2D eigenvalue weighted by Gasteiger charge is -2.21. The van der Waals surface area contributed by atoms with Gasteiger partial charge in [0.05, 0.1) is 16.3 Å². The first kappa shape index (κ1) is 32.6. The van der Waals surface area contributed by atoms with Crippen LogP contribution < -0.4 is 10.6 Å². The fourth-order valence-corrected chi connectivity index (χ4v) is 8.03. The van der Waals surface area contributed by atoms with Crippen LogP contribution in [0.2, 0.25) is 0 Å². The zero-order chi connectivity index (χ0) is 35.7. The number of benzene rings is 6. The normalized spacial score (nSPS) is 17.1. The standard InChI is InChI=1S/C43H37N3O4S/c1-42(2)33-23-29(41(47)44-25-30-16-15-28-14-13-26-9-8-10-27-17-20-32(30)40(28)39(26)27)18-21-35(33)45-37(42)11-6-5-7-12-38-43(3,4)34-24-31(51(48,49)50)19-22-36(34)46-38/h5-24,46H,25H2,1-4H3,(H,44,47)(H,48,49,50)/b7-5+,11-6+,38-12+. The highest BCUT2D eigenvalue weighted by molar-refractivity contribution is 7.85. The second-order valence-electron chi connectivity index (χ2n) is 14.4. The number of fused-ring (bicyclic) bond motifs is 2. The number of hydrogen-bond donors (Lipinski definition) is 3. The van der Waals surface area contributed by atoms with Crippen molar-refractivity contribution in [3.05, 3.63) is 149 Å². The third-order valence-corrected chi connectivity index (χ3v) is 11.4. The van der Waals surface area contributed by atoms with E-state index < -0.39 is 20.9 Å². The van der Waals surface area contributed by atoms with Crippen molar-refractivity contribution >= 4 is 65.4 Å². The van der Waals surface area contributed by atoms with Crippen LogP contribution in [0.3, 0.4) is 0 Å². The van der Waals surface area contributed by atoms with E-state index in [1.807, 2.05) is 62.4 Å². The highest BCUT2D eigenvalue weighted by atomic mass is 32.2. The van der Waals surface area contributed by atoms with Gasteiger partial charge >= 0.3 is 0 Å². The number of hydrogen-bond acceptors (Lipinski definition) is 5. The Bertz CT molecular complexity index is 2650. The first-order valence-electron chi connectivity index (χ1n) is 16.9. The van der Waals surface area contributed by atoms with Crippen LogP contribution in [0.1, 0.15) is 54.7 Å². The lowest BCUT2D eigenvalue weighted by atomic mass is 9.80. The lowest BCUT2D eigenvalue weighted by Crippen LogP contribution is -2.26. The Morgan fingerprint density at radius 1 is 0.804 bits per heavy atom. The molecule has 0 saturated carbocycles. The Morgan fingerprint density at radius 2 is 1.53 bits per heavy atom. The number of nitrogens with one attached hydrogen (secondary N) is 2. The molecule has 0 aliphatic carbocycles. The SMILES string of the molecule is CC1(C)C(/C=C/C=C/C=C2/Nc3ccc(S(=O)(=O)O)cc3C2(C)C)=Nc2ccc(C(=O)NCc3ccc4ccc5cccc6ccc3c4c56)cc21. The lowest BCUT2D eigenvalue weighted by molar-refractivity contribution is 0.0951. The molecular weight excluding hydrogens is 655 g/mol. The average molecular weight is 692 g/mol. The molecule has 8 heteroatoms. The van der Waals surface area contributed by atoms with Gasteiger partial charge in [0.1, 0.15) is 0 Å². The third kappa shape index (κ3) is 5.52. The van der Waals surface area contributed by atoms with E-state index in [9.17, 15) is 17.8 Å². The van der Waals surface area contributed by atoms with Gasteiger partial charge in [-0.15, -0.1) is 0 Å². The molecule has 6 aromatic carbocycles. The second-order valence-corrected chi connectivity index (χ2v) is 15.8. The summed E-state index contributed by atoms with van der Waals surface area (Å²) in [5.74, 6) is -0.126. The van der Waals surface area contributed by atoms with E-state index in [4.69, 9.17) is 4.99 Å². The van der Waals surface area contributed by atoms with Gasteiger partial charge in [-0.1, -0.05) is 101 Å². The Morgan fingerprint density at radius 3 is 2.29 bits per heavy atom. The van der Waals surface area contributed by atoms with Crippen LogP contribution in [0.25, 0.3) is 32.3 Å². The molecule has 1 amide bonds. The Labute approximate surface area is 297 Å². The zero-order valence-corrected chi connectivity index (χ0v) is 29.6. The molecule has 0 spiro atoms. The van der Waals surface area contributed by atoms with E-state index in [2.05, 4.69) is 79.1 Å². The van der Waals surface area contributed by atoms with Crippen LogP contribution in [0.15, 0.2) is 137 Å². The maximum absolute atomic E-state index is 13.5. The highest BCUT2D eigenvalue weighted by Gasteiger charge is 2.36. The summed E-state index contributed by atoms with van der Waals surface area (Å²) < 4.78 is 32.8. The predicted octanol–water partition coefficient (Wildman–Crippen LogP) is 9.52. The van der Waals surface area contributed by atoms with Gasteiger partial charge in [0.2, 0.25) is 0 Å². The summed E-state index contributed by atoms with van der Waals surface area (Å²) in [6.45, 7) is 8.66. The van der Waals surface area contributed by atoms with Gasteiger partial charge in [-0.3, -0.25) is 14.3 Å². The van der Waals surface area contributed by atoms with Gasteiger partial charge in [-0.2, -0.15) is 8.42 Å². The third-order valence-electron chi connectivity index (χ3n) is 10.5. The number of allylic oxidation sites excluding steroid dienone is 6. The first-order chi connectivity index (χ1) is 24.3. The monoisotopic (exact) mass is 691 g/mol. The second kappa shape index (κ2) is 11.8. The molecule has 7 nitrogen and oxygen atoms in total. The first-order valence-corrected chi connectivity index (χ1v) is 18.4. The number of nitrogens with zero attached hydrogens (tertiary/aromatic N) is 1. The van der Waals surface area contributed by atoms with Crippen LogP contribution in [0.4, 0.5) is 11.4 Å². The van der Waals surface area contributed by atoms with Crippen LogP contribution >= 0.6 is 0 Å². The minimum Gasteiger partial charge on any atom is -0.358 e. The molecule has 51 heavy (non-hydrogen) atoms. The number of rotatable bonds is 7. The molecule has 2 heterocycles. The Kier molecular flexibility index (Phi) is 7.52. The highest BCUT2D eigenvalue weighted by Crippen LogP contribution is 2.44. The Balaban J connectivity index is 0.954. The Hall–Kier alpha value is -5.57. The maximum atomic E-state index is 13.5. The molecule has 0 unspecified atom stereocenters. The number of carbonyl (C=O) groups excluding carboxylic acids is 1. The molecule has 254 valence electrons. The topological polar surface area (TPSA) is 108 Å². The largest absolute Gasteiger partial charge is 0.358 e. The fraction of sp³-hybridized carbons (Fsp3) is 0.163. The van der Waals surface area contributed by atoms with Gasteiger partial charge in [-0.25, -0.2) is 0 Å². The minimum absolute atomic E-state index is 0.121. The summed E-state index contributed by atoms with van der Waals surface area (Å²) in [7, 11) is -4.29. The number of carbonyl (C=O) groups is 1. The van der Waals surface area contributed by atoms with Crippen LogP contribution in [0, 0.1) is 0 Å². The fourth-order valence-electron chi connectivity index (χ4n) is 7.52. The molecule has 2 aliphatic rings. The van der Waals surface area contributed by atoms with Crippen molar-refractivity contribution in [3.8, 4) is 0 Å². The van der Waals surface area contributed by atoms with Crippen LogP contribution in [-0.4, -0.2) is 24.6 Å². The minimum atomic E-state index is -4.29. The zero-order valence-electron chi connectivity index (χ0n) is 28.8. The van der Waals surface area contributed by atoms with E-state index in [-0.39, 0.29) is 10.8 Å². The van der Waals surface area contributed by atoms with Crippen molar-refractivity contribution in [1.82, 2.24) is 5.32 Å². The average Bonchev–Trinajstić information content (AvgIpc) is 3.52. The van der Waals surface area contributed by atoms with Crippen molar-refractivity contribution < 1.29 is 17.8 Å². The van der Waals surface area contributed by atoms with Crippen molar-refractivity contribution in [2.24, 2.45) is 4.99 Å². The van der Waals surface area contributed by atoms with Gasteiger partial charge < -0.3 is 10.6 Å². The molecule has 0 atom stereocenters. The molecular formula is C43H37N3O4S. The number of aliphatic imine (C=N–C) groups is 1. The van der Waals surface area contributed by atoms with Crippen molar-refractivity contribution in [2.75, 3.05) is 5.32 Å². The molecule has 6 aromatic rings. The van der Waals surface area contributed by atoms with Crippen LogP contribution in [0.5, 0.6) is 0 Å². The van der Waals surface area contributed by atoms with Gasteiger partial charge in [0.25, 0.3) is 16.0 Å². The number of anilines is 1. The molecule has 0 fully saturated rings. The van der Waals surface area contributed by atoms with E-state index in [1.54, 1.807) is 6.07 Å². The molecule has 0 saturated heterocycles. The summed E-state index contributed by atoms with van der Waals surface area (Å²) in [6, 6.07) is 29.6. The molecule has 2 aliphatic heterocycles. The van der Waals surface area contributed by atoms with Crippen molar-refractivity contribution in [3.63, 3.8) is 0 Å². The molecule has 8 rings (SSSR count). The van der Waals surface area contributed by atoms with E-state index in [0.717, 1.165) is 44.9 Å². The summed E-state index contributed by atoms with van der Waals surface area (Å²) in [5.41, 5.74) is 6.07. The van der Waals surface area contributed by atoms with E-state index >= 15 is 0 Å².